The standard InChI is InChI=1S/C32H28N2OS/c1-5-25-18(3)29-16-23-9-10-24(36-23)17-30-19(4)26(6-2)32(34-30)15-21-13-20(14-31(25)33-29)27-11-7-22(35)8-12-28(21)27/h7-17,33H,5-6H2,1-4H3/p+1. The first-order valence-corrected chi connectivity index (χ1v) is 13.4. The quantitative estimate of drug-likeness (QED) is 0.651. The Morgan fingerprint density at radius 1 is 0.722 bits per heavy atom. The van der Waals surface area contributed by atoms with Crippen LogP contribution in [-0.2, 0) is 0 Å². The molecule has 1 aliphatic carbocycles. The van der Waals surface area contributed by atoms with Gasteiger partial charge in [0.25, 0.3) is 0 Å². The van der Waals surface area contributed by atoms with E-state index >= 15 is 0 Å². The topological polar surface area (TPSA) is 46.0 Å². The average molecular weight is 490 g/mol. The van der Waals surface area contributed by atoms with E-state index in [1.54, 1.807) is 23.5 Å². The molecule has 36 heavy (non-hydrogen) atoms. The van der Waals surface area contributed by atoms with Crippen LogP contribution >= 0.6 is 11.3 Å². The smallest absolute Gasteiger partial charge is 0.178 e. The van der Waals surface area contributed by atoms with Gasteiger partial charge in [-0.3, -0.25) is 10.1 Å². The minimum atomic E-state index is 0.0171. The van der Waals surface area contributed by atoms with E-state index in [1.807, 2.05) is 12.1 Å². The van der Waals surface area contributed by atoms with Crippen LogP contribution in [0.15, 0.2) is 104 Å². The molecule has 178 valence electrons. The normalized spacial score (nSPS) is 18.4. The van der Waals surface area contributed by atoms with Crippen molar-refractivity contribution in [1.29, 1.82) is 0 Å². The maximum atomic E-state index is 12.2. The van der Waals surface area contributed by atoms with Gasteiger partial charge in [-0.1, -0.05) is 13.8 Å². The number of nitrogens with two attached hydrogens (primary N) is 1. The molecule has 3 aliphatic heterocycles. The summed E-state index contributed by atoms with van der Waals surface area (Å²) in [5.41, 5.74) is 14.2. The Balaban J connectivity index is 1.66. The molecule has 4 heterocycles. The van der Waals surface area contributed by atoms with Crippen molar-refractivity contribution in [1.82, 2.24) is 0 Å². The van der Waals surface area contributed by atoms with Gasteiger partial charge in [0.2, 0.25) is 0 Å². The minimum absolute atomic E-state index is 0.0171. The molecule has 2 N–H and O–H groups in total. The Bertz CT molecular complexity index is 1750. The summed E-state index contributed by atoms with van der Waals surface area (Å²) in [6, 6.07) is 11.7. The third kappa shape index (κ3) is 3.78. The van der Waals surface area contributed by atoms with E-state index in [9.17, 15) is 4.79 Å². The van der Waals surface area contributed by atoms with Crippen LogP contribution in [0.25, 0.3) is 23.3 Å². The van der Waals surface area contributed by atoms with Gasteiger partial charge < -0.3 is 0 Å². The van der Waals surface area contributed by atoms with Crippen molar-refractivity contribution >= 4 is 40.3 Å². The van der Waals surface area contributed by atoms with Crippen LogP contribution in [0.1, 0.15) is 51.7 Å². The number of thiophene rings is 1. The van der Waals surface area contributed by atoms with Gasteiger partial charge in [-0.05, 0) is 115 Å². The predicted molar refractivity (Wildman–Crippen MR) is 152 cm³/mol. The Labute approximate surface area is 215 Å². The second-order valence-corrected chi connectivity index (χ2v) is 10.8. The third-order valence-corrected chi connectivity index (χ3v) is 8.50. The molecule has 6 rings (SSSR count). The first kappa shape index (κ1) is 22.8. The van der Waals surface area contributed by atoms with Gasteiger partial charge in [-0.15, -0.1) is 11.3 Å². The Morgan fingerprint density at radius 3 is 2.08 bits per heavy atom. The van der Waals surface area contributed by atoms with Crippen molar-refractivity contribution in [2.24, 2.45) is 4.99 Å². The summed E-state index contributed by atoms with van der Waals surface area (Å²) in [7, 11) is 0. The fraction of sp³-hybridized carbons (Fsp3) is 0.188. The highest BCUT2D eigenvalue weighted by Gasteiger charge is 2.26. The molecule has 1 aromatic carbocycles. The second-order valence-electron chi connectivity index (χ2n) is 9.62. The molecule has 4 heteroatoms. The van der Waals surface area contributed by atoms with Crippen molar-refractivity contribution in [2.75, 3.05) is 0 Å². The molecular formula is C32H29N2OS+. The highest BCUT2D eigenvalue weighted by atomic mass is 32.1. The van der Waals surface area contributed by atoms with Gasteiger partial charge in [-0.25, -0.2) is 4.99 Å². The number of allylic oxidation sites excluding steroid dienone is 10. The van der Waals surface area contributed by atoms with Gasteiger partial charge in [0, 0.05) is 32.4 Å². The van der Waals surface area contributed by atoms with Crippen molar-refractivity contribution in [3.8, 4) is 0 Å². The minimum Gasteiger partial charge on any atom is -0.290 e. The van der Waals surface area contributed by atoms with E-state index < -0.39 is 0 Å². The van der Waals surface area contributed by atoms with E-state index in [2.05, 4.69) is 75.5 Å². The van der Waals surface area contributed by atoms with E-state index in [1.165, 1.54) is 42.8 Å². The van der Waals surface area contributed by atoms with E-state index in [-0.39, 0.29) is 5.43 Å². The number of fused-ring (bicyclic) bond motifs is 9. The Kier molecular flexibility index (Phi) is 5.59. The number of hydrogen-bond donors (Lipinski definition) is 1. The maximum absolute atomic E-state index is 12.2. The lowest BCUT2D eigenvalue weighted by Crippen LogP contribution is -2.78. The summed E-state index contributed by atoms with van der Waals surface area (Å²) in [6.45, 7) is 8.83. The number of quaternary nitrogens is 1. The number of aliphatic imine (C=N–C) groups is 1. The molecule has 0 spiro atoms. The lowest BCUT2D eigenvalue weighted by molar-refractivity contribution is -0.538. The van der Waals surface area contributed by atoms with Crippen LogP contribution < -0.4 is 19.8 Å². The molecule has 0 saturated carbocycles. The van der Waals surface area contributed by atoms with Gasteiger partial charge >= 0.3 is 0 Å². The van der Waals surface area contributed by atoms with Crippen molar-refractivity contribution < 1.29 is 5.32 Å². The van der Waals surface area contributed by atoms with Gasteiger partial charge in [0.1, 0.15) is 11.4 Å². The van der Waals surface area contributed by atoms with Crippen LogP contribution in [-0.4, -0.2) is 5.71 Å². The zero-order valence-corrected chi connectivity index (χ0v) is 21.9. The average Bonchev–Trinajstić information content (AvgIpc) is 3.54. The molecule has 0 fully saturated rings. The van der Waals surface area contributed by atoms with E-state index in [0.29, 0.717) is 0 Å². The third-order valence-electron chi connectivity index (χ3n) is 7.52. The zero-order valence-electron chi connectivity index (χ0n) is 21.1. The fourth-order valence-electron chi connectivity index (χ4n) is 5.59. The first-order valence-electron chi connectivity index (χ1n) is 12.6. The monoisotopic (exact) mass is 489 g/mol. The number of rotatable bonds is 2. The summed E-state index contributed by atoms with van der Waals surface area (Å²) >= 11 is 1.81. The molecule has 0 unspecified atom stereocenters. The van der Waals surface area contributed by atoms with Gasteiger partial charge in [-0.2, -0.15) is 0 Å². The molecule has 0 atom stereocenters. The Hall–Kier alpha value is -3.60. The lowest BCUT2D eigenvalue weighted by atomic mass is 10.0. The highest BCUT2D eigenvalue weighted by Crippen LogP contribution is 2.39. The summed E-state index contributed by atoms with van der Waals surface area (Å²) < 4.78 is 2.46. The van der Waals surface area contributed by atoms with Crippen LogP contribution in [0, 0.1) is 0 Å². The second kappa shape index (κ2) is 8.81. The molecule has 3 nitrogen and oxygen atoms in total. The zero-order chi connectivity index (χ0) is 25.0. The summed E-state index contributed by atoms with van der Waals surface area (Å²) in [6.07, 6.45) is 13.2. The SMILES string of the molecule is CCC1=C2C=C3C=C(C=C4N=C(C=c5ccc(s5)=CC(=C1C)[NH2+]2)C(C)=C4CC)c1ccc(=O)ccc13. The van der Waals surface area contributed by atoms with Crippen molar-refractivity contribution in [3.63, 3.8) is 0 Å². The number of hydrogen-bond acceptors (Lipinski definition) is 3. The molecule has 8 bridgehead atoms. The summed E-state index contributed by atoms with van der Waals surface area (Å²) in [4.78, 5) is 17.3. The molecule has 0 saturated heterocycles. The molecule has 1 aromatic heterocycles. The highest BCUT2D eigenvalue weighted by molar-refractivity contribution is 7.07. The lowest BCUT2D eigenvalue weighted by Gasteiger charge is -2.03. The van der Waals surface area contributed by atoms with Crippen LogP contribution in [0.3, 0.4) is 0 Å². The molecule has 0 radical (unpaired) electrons. The largest absolute Gasteiger partial charge is 0.290 e. The molecular weight excluding hydrogens is 460 g/mol. The predicted octanol–water partition coefficient (Wildman–Crippen LogP) is 4.74. The van der Waals surface area contributed by atoms with Crippen LogP contribution in [0.2, 0.25) is 0 Å². The van der Waals surface area contributed by atoms with Crippen LogP contribution in [0.4, 0.5) is 0 Å². The van der Waals surface area contributed by atoms with Gasteiger partial charge in [0.15, 0.2) is 5.43 Å². The Morgan fingerprint density at radius 2 is 1.39 bits per heavy atom. The number of nitrogens with zero attached hydrogens (tertiary/aromatic N) is 1. The van der Waals surface area contributed by atoms with E-state index in [0.717, 1.165) is 46.5 Å². The summed E-state index contributed by atoms with van der Waals surface area (Å²) in [5, 5.41) is 2.32. The van der Waals surface area contributed by atoms with Crippen LogP contribution in [0.5, 0.6) is 0 Å². The molecule has 0 amide bonds. The van der Waals surface area contributed by atoms with Gasteiger partial charge in [0.05, 0.1) is 11.4 Å². The summed E-state index contributed by atoms with van der Waals surface area (Å²) in [5.74, 6) is 0. The van der Waals surface area contributed by atoms with Crippen molar-refractivity contribution in [2.45, 2.75) is 40.5 Å². The molecule has 4 aliphatic rings. The van der Waals surface area contributed by atoms with E-state index in [4.69, 9.17) is 4.99 Å². The van der Waals surface area contributed by atoms with Crippen molar-refractivity contribution in [3.05, 3.63) is 124 Å². The fourth-order valence-corrected chi connectivity index (χ4v) is 6.49. The maximum Gasteiger partial charge on any atom is 0.178 e. The first-order chi connectivity index (χ1) is 17.4. The molecule has 2 aromatic rings.